The van der Waals surface area contributed by atoms with Crippen molar-refractivity contribution in [1.29, 1.82) is 0 Å². The summed E-state index contributed by atoms with van der Waals surface area (Å²) >= 11 is 10.8. The third kappa shape index (κ3) is 5.40. The molecule has 0 radical (unpaired) electrons. The normalized spacial score (nSPS) is 10.5. The van der Waals surface area contributed by atoms with Crippen LogP contribution in [0, 0.1) is 0 Å². The van der Waals surface area contributed by atoms with Gasteiger partial charge in [0.15, 0.2) is 16.6 Å². The average molecular weight is 364 g/mol. The Morgan fingerprint density at radius 3 is 2.62 bits per heavy atom. The van der Waals surface area contributed by atoms with Gasteiger partial charge in [0.25, 0.3) is 0 Å². The highest BCUT2D eigenvalue weighted by Gasteiger charge is 2.06. The lowest BCUT2D eigenvalue weighted by molar-refractivity contribution is 0.284. The van der Waals surface area contributed by atoms with Crippen LogP contribution in [0.5, 0.6) is 11.5 Å². The van der Waals surface area contributed by atoms with Crippen LogP contribution in [0.1, 0.15) is 11.1 Å². The van der Waals surface area contributed by atoms with Crippen LogP contribution < -0.4 is 20.2 Å². The molecule has 2 rings (SSSR count). The quantitative estimate of drug-likeness (QED) is 0.468. The zero-order chi connectivity index (χ0) is 17.4. The summed E-state index contributed by atoms with van der Waals surface area (Å²) in [6.07, 6.45) is 1.65. The molecule has 2 aromatic rings. The highest BCUT2D eigenvalue weighted by Crippen LogP contribution is 2.28. The van der Waals surface area contributed by atoms with Crippen molar-refractivity contribution in [3.8, 4) is 11.5 Å². The molecule has 0 aliphatic heterocycles. The van der Waals surface area contributed by atoms with Gasteiger partial charge in [-0.1, -0.05) is 23.7 Å². The van der Waals surface area contributed by atoms with E-state index in [1.807, 2.05) is 42.5 Å². The first kappa shape index (κ1) is 18.0. The Hall–Kier alpha value is -2.31. The number of hydrazone groups is 1. The fourth-order valence-corrected chi connectivity index (χ4v) is 2.03. The van der Waals surface area contributed by atoms with Crippen molar-refractivity contribution in [3.63, 3.8) is 0 Å². The summed E-state index contributed by atoms with van der Waals surface area (Å²) < 4.78 is 11.2. The number of halogens is 1. The van der Waals surface area contributed by atoms with Crippen molar-refractivity contribution >= 4 is 35.1 Å². The molecule has 5 nitrogen and oxygen atoms in total. The van der Waals surface area contributed by atoms with Gasteiger partial charge in [0.1, 0.15) is 6.61 Å². The molecule has 126 valence electrons. The molecule has 2 N–H and O–H groups in total. The lowest BCUT2D eigenvalue weighted by atomic mass is 10.2. The van der Waals surface area contributed by atoms with Crippen molar-refractivity contribution in [2.45, 2.75) is 6.61 Å². The van der Waals surface area contributed by atoms with E-state index in [0.29, 0.717) is 28.2 Å². The number of benzene rings is 2. The van der Waals surface area contributed by atoms with Crippen LogP contribution in [0.15, 0.2) is 47.6 Å². The second-order valence-electron chi connectivity index (χ2n) is 4.77. The van der Waals surface area contributed by atoms with Crippen molar-refractivity contribution < 1.29 is 9.47 Å². The molecule has 0 saturated carbocycles. The second kappa shape index (κ2) is 9.10. The summed E-state index contributed by atoms with van der Waals surface area (Å²) in [5.74, 6) is 1.28. The summed E-state index contributed by atoms with van der Waals surface area (Å²) in [4.78, 5) is 0. The Morgan fingerprint density at radius 2 is 1.96 bits per heavy atom. The molecule has 0 bridgehead atoms. The number of rotatable bonds is 6. The zero-order valence-corrected chi connectivity index (χ0v) is 14.9. The van der Waals surface area contributed by atoms with Crippen molar-refractivity contribution in [2.24, 2.45) is 5.10 Å². The Bertz CT molecular complexity index is 720. The number of methoxy groups -OCH3 is 1. The lowest BCUT2D eigenvalue weighted by Crippen LogP contribution is -2.28. The van der Waals surface area contributed by atoms with Crippen LogP contribution in [0.4, 0.5) is 0 Å². The number of nitrogens with one attached hydrogen (secondary N) is 2. The molecule has 7 heteroatoms. The zero-order valence-electron chi connectivity index (χ0n) is 13.4. The predicted molar refractivity (Wildman–Crippen MR) is 101 cm³/mol. The third-order valence-corrected chi connectivity index (χ3v) is 3.65. The topological polar surface area (TPSA) is 54.9 Å². The van der Waals surface area contributed by atoms with Crippen LogP contribution >= 0.6 is 23.8 Å². The smallest absolute Gasteiger partial charge is 0.186 e. The van der Waals surface area contributed by atoms with Crippen LogP contribution in [-0.4, -0.2) is 25.5 Å². The fourth-order valence-electron chi connectivity index (χ4n) is 1.85. The standard InChI is InChI=1S/C17H18ClN3O2S/c1-19-17(24)21-20-10-13-5-8-15(16(9-13)22-2)23-11-12-3-6-14(18)7-4-12/h3-10H,11H2,1-2H3,(H2,19,21,24)/b20-10-. The van der Waals surface area contributed by atoms with E-state index < -0.39 is 0 Å². The largest absolute Gasteiger partial charge is 0.493 e. The SMILES string of the molecule is CNC(=S)N/N=C\c1ccc(OCc2ccc(Cl)cc2)c(OC)c1. The average Bonchev–Trinajstić information content (AvgIpc) is 2.61. The van der Waals surface area contributed by atoms with Gasteiger partial charge in [0, 0.05) is 12.1 Å². The van der Waals surface area contributed by atoms with Crippen LogP contribution in [0.3, 0.4) is 0 Å². The van der Waals surface area contributed by atoms with Gasteiger partial charge in [-0.2, -0.15) is 5.10 Å². The number of hydrogen-bond donors (Lipinski definition) is 2. The van der Waals surface area contributed by atoms with Gasteiger partial charge in [-0.25, -0.2) is 0 Å². The third-order valence-electron chi connectivity index (χ3n) is 3.10. The van der Waals surface area contributed by atoms with E-state index in [1.165, 1.54) is 0 Å². The van der Waals surface area contributed by atoms with Crippen molar-refractivity contribution in [1.82, 2.24) is 10.7 Å². The number of thiocarbonyl (C=S) groups is 1. The minimum absolute atomic E-state index is 0.430. The molecule has 0 spiro atoms. The van der Waals surface area contributed by atoms with Gasteiger partial charge in [-0.3, -0.25) is 5.43 Å². The van der Waals surface area contributed by atoms with Gasteiger partial charge in [-0.15, -0.1) is 0 Å². The molecule has 0 fully saturated rings. The molecule has 2 aromatic carbocycles. The Morgan fingerprint density at radius 1 is 1.21 bits per heavy atom. The molecular weight excluding hydrogens is 346 g/mol. The molecule has 0 aliphatic rings. The van der Waals surface area contributed by atoms with Crippen LogP contribution in [0.2, 0.25) is 5.02 Å². The van der Waals surface area contributed by atoms with E-state index >= 15 is 0 Å². The minimum Gasteiger partial charge on any atom is -0.493 e. The maximum atomic E-state index is 5.87. The molecule has 0 atom stereocenters. The monoisotopic (exact) mass is 363 g/mol. The van der Waals surface area contributed by atoms with E-state index in [9.17, 15) is 0 Å². The molecule has 0 amide bonds. The lowest BCUT2D eigenvalue weighted by Gasteiger charge is -2.11. The molecule has 0 aliphatic carbocycles. The number of hydrogen-bond acceptors (Lipinski definition) is 4. The number of ether oxygens (including phenoxy) is 2. The summed E-state index contributed by atoms with van der Waals surface area (Å²) in [5.41, 5.74) is 4.57. The van der Waals surface area contributed by atoms with Gasteiger partial charge < -0.3 is 14.8 Å². The molecule has 24 heavy (non-hydrogen) atoms. The first-order chi connectivity index (χ1) is 11.6. The van der Waals surface area contributed by atoms with E-state index in [0.717, 1.165) is 11.1 Å². The van der Waals surface area contributed by atoms with Gasteiger partial charge in [0.05, 0.1) is 13.3 Å². The summed E-state index contributed by atoms with van der Waals surface area (Å²) in [7, 11) is 3.32. The first-order valence-corrected chi connectivity index (χ1v) is 7.97. The Labute approximate surface area is 151 Å². The molecule has 0 saturated heterocycles. The van der Waals surface area contributed by atoms with E-state index in [1.54, 1.807) is 20.4 Å². The van der Waals surface area contributed by atoms with Gasteiger partial charge in [0.2, 0.25) is 0 Å². The first-order valence-electron chi connectivity index (χ1n) is 7.18. The molecule has 0 aromatic heterocycles. The fraction of sp³-hybridized carbons (Fsp3) is 0.176. The summed E-state index contributed by atoms with van der Waals surface area (Å²) in [6.45, 7) is 0.430. The van der Waals surface area contributed by atoms with E-state index in [-0.39, 0.29) is 0 Å². The maximum absolute atomic E-state index is 5.87. The van der Waals surface area contributed by atoms with E-state index in [2.05, 4.69) is 15.8 Å². The van der Waals surface area contributed by atoms with E-state index in [4.69, 9.17) is 33.3 Å². The van der Waals surface area contributed by atoms with Crippen molar-refractivity contribution in [2.75, 3.05) is 14.2 Å². The Kier molecular flexibility index (Phi) is 6.84. The minimum atomic E-state index is 0.430. The van der Waals surface area contributed by atoms with Gasteiger partial charge >= 0.3 is 0 Å². The Balaban J connectivity index is 2.02. The predicted octanol–water partition coefficient (Wildman–Crippen LogP) is 3.36. The van der Waals surface area contributed by atoms with Crippen LogP contribution in [-0.2, 0) is 6.61 Å². The summed E-state index contributed by atoms with van der Waals surface area (Å²) in [5, 5.41) is 7.95. The molecular formula is C17H18ClN3O2S. The molecule has 0 unspecified atom stereocenters. The van der Waals surface area contributed by atoms with Crippen LogP contribution in [0.25, 0.3) is 0 Å². The van der Waals surface area contributed by atoms with Gasteiger partial charge in [-0.05, 0) is 53.7 Å². The highest BCUT2D eigenvalue weighted by molar-refractivity contribution is 7.80. The maximum Gasteiger partial charge on any atom is 0.186 e. The van der Waals surface area contributed by atoms with Crippen molar-refractivity contribution in [3.05, 3.63) is 58.6 Å². The number of nitrogens with zero attached hydrogens (tertiary/aromatic N) is 1. The highest BCUT2D eigenvalue weighted by atomic mass is 35.5. The summed E-state index contributed by atoms with van der Waals surface area (Å²) in [6, 6.07) is 13.1. The molecule has 0 heterocycles. The second-order valence-corrected chi connectivity index (χ2v) is 5.62.